The first kappa shape index (κ1) is 16.0. The molecule has 0 atom stereocenters. The molecule has 2 aromatic heterocycles. The Hall–Kier alpha value is -3.54. The van der Waals surface area contributed by atoms with Gasteiger partial charge in [0, 0.05) is 17.5 Å². The highest BCUT2D eigenvalue weighted by Gasteiger charge is 2.18. The first-order chi connectivity index (χ1) is 12.5. The molecule has 0 aliphatic heterocycles. The number of aryl methyl sites for hydroxylation is 1. The van der Waals surface area contributed by atoms with Gasteiger partial charge in [0.15, 0.2) is 0 Å². The maximum atomic E-state index is 13.4. The van der Waals surface area contributed by atoms with Gasteiger partial charge in [-0.3, -0.25) is 9.78 Å². The molecule has 128 valence electrons. The minimum atomic E-state index is -0.362. The monoisotopic (exact) mass is 347 g/mol. The predicted octanol–water partition coefficient (Wildman–Crippen LogP) is 3.81. The van der Waals surface area contributed by atoms with Crippen LogP contribution in [0, 0.1) is 12.7 Å². The molecule has 26 heavy (non-hydrogen) atoms. The second-order valence-corrected chi connectivity index (χ2v) is 5.97. The fourth-order valence-corrected chi connectivity index (χ4v) is 3.10. The van der Waals surface area contributed by atoms with Crippen molar-refractivity contribution in [1.82, 2.24) is 15.0 Å². The number of H-pyrrole nitrogens is 1. The van der Waals surface area contributed by atoms with E-state index < -0.39 is 0 Å². The lowest BCUT2D eigenvalue weighted by molar-refractivity contribution is 0.480. The number of rotatable bonds is 2. The van der Waals surface area contributed by atoms with Crippen LogP contribution < -0.4 is 5.56 Å². The third kappa shape index (κ3) is 2.61. The van der Waals surface area contributed by atoms with Crippen LogP contribution in [-0.2, 0) is 0 Å². The van der Waals surface area contributed by atoms with Gasteiger partial charge in [0.05, 0.1) is 11.7 Å². The first-order valence-corrected chi connectivity index (χ1v) is 7.97. The third-order valence-electron chi connectivity index (χ3n) is 4.24. The molecule has 0 radical (unpaired) electrons. The number of halogens is 1. The van der Waals surface area contributed by atoms with E-state index in [0.29, 0.717) is 16.7 Å². The number of phenolic OH excluding ortho intramolecular Hbond substituents is 1. The Morgan fingerprint density at radius 1 is 1.04 bits per heavy atom. The van der Waals surface area contributed by atoms with E-state index in [1.54, 1.807) is 30.5 Å². The third-order valence-corrected chi connectivity index (χ3v) is 4.24. The Balaban J connectivity index is 2.18. The van der Waals surface area contributed by atoms with Gasteiger partial charge in [-0.15, -0.1) is 0 Å². The molecule has 0 spiro atoms. The number of hydrogen-bond acceptors (Lipinski definition) is 4. The Kier molecular flexibility index (Phi) is 3.73. The summed E-state index contributed by atoms with van der Waals surface area (Å²) in [4.78, 5) is 23.4. The summed E-state index contributed by atoms with van der Waals surface area (Å²) in [5.74, 6) is -0.473. The van der Waals surface area contributed by atoms with Crippen LogP contribution in [0.2, 0.25) is 0 Å². The topological polar surface area (TPSA) is 78.9 Å². The van der Waals surface area contributed by atoms with Gasteiger partial charge in [-0.25, -0.2) is 9.37 Å². The molecule has 0 bridgehead atoms. The molecule has 0 aliphatic rings. The molecule has 0 unspecified atom stereocenters. The molecule has 0 aliphatic carbocycles. The largest absolute Gasteiger partial charge is 0.506 e. The number of benzene rings is 2. The van der Waals surface area contributed by atoms with Crippen molar-refractivity contribution in [2.75, 3.05) is 0 Å². The van der Waals surface area contributed by atoms with Gasteiger partial charge in [-0.05, 0) is 53.9 Å². The van der Waals surface area contributed by atoms with Crippen molar-refractivity contribution in [1.29, 1.82) is 0 Å². The molecule has 0 saturated carbocycles. The van der Waals surface area contributed by atoms with Crippen LogP contribution in [0.4, 0.5) is 4.39 Å². The zero-order chi connectivity index (χ0) is 18.3. The molecule has 4 rings (SSSR count). The lowest BCUT2D eigenvalue weighted by Gasteiger charge is -2.14. The average Bonchev–Trinajstić information content (AvgIpc) is 2.63. The molecule has 0 fully saturated rings. The molecular formula is C20H14FN3O2. The fourth-order valence-electron chi connectivity index (χ4n) is 3.10. The molecule has 6 heteroatoms. The molecular weight excluding hydrogens is 333 g/mol. The maximum absolute atomic E-state index is 13.4. The van der Waals surface area contributed by atoms with E-state index >= 15 is 0 Å². The average molecular weight is 347 g/mol. The van der Waals surface area contributed by atoms with Crippen LogP contribution in [0.5, 0.6) is 5.75 Å². The summed E-state index contributed by atoms with van der Waals surface area (Å²) in [7, 11) is 0. The van der Waals surface area contributed by atoms with Gasteiger partial charge >= 0.3 is 0 Å². The molecule has 2 N–H and O–H groups in total. The van der Waals surface area contributed by atoms with E-state index in [9.17, 15) is 14.3 Å². The van der Waals surface area contributed by atoms with E-state index in [1.807, 2.05) is 13.0 Å². The lowest BCUT2D eigenvalue weighted by Crippen LogP contribution is -2.08. The van der Waals surface area contributed by atoms with Crippen LogP contribution in [0.25, 0.3) is 33.2 Å². The van der Waals surface area contributed by atoms with Crippen LogP contribution in [0.1, 0.15) is 5.69 Å². The van der Waals surface area contributed by atoms with Gasteiger partial charge in [0.25, 0.3) is 5.56 Å². The zero-order valence-electron chi connectivity index (χ0n) is 13.8. The number of aromatic nitrogens is 3. The summed E-state index contributed by atoms with van der Waals surface area (Å²) in [6.07, 6.45) is 2.91. The van der Waals surface area contributed by atoms with E-state index in [2.05, 4.69) is 15.0 Å². The normalized spacial score (nSPS) is 11.0. The minimum absolute atomic E-state index is 0.111. The second kappa shape index (κ2) is 6.07. The SMILES string of the molecule is Cc1cc(-c2c(-c3ccc(F)cc3)cc(O)c3nc[nH]c(=O)c23)ccn1. The Labute approximate surface area is 147 Å². The van der Waals surface area contributed by atoms with E-state index in [1.165, 1.54) is 18.5 Å². The van der Waals surface area contributed by atoms with Crippen molar-refractivity contribution >= 4 is 10.9 Å². The van der Waals surface area contributed by atoms with Crippen molar-refractivity contribution in [2.24, 2.45) is 0 Å². The molecule has 5 nitrogen and oxygen atoms in total. The van der Waals surface area contributed by atoms with Crippen LogP contribution in [0.3, 0.4) is 0 Å². The number of aromatic hydroxyl groups is 1. The van der Waals surface area contributed by atoms with Crippen molar-refractivity contribution in [3.05, 3.63) is 76.9 Å². The van der Waals surface area contributed by atoms with E-state index in [4.69, 9.17) is 0 Å². The number of pyridine rings is 1. The second-order valence-electron chi connectivity index (χ2n) is 5.97. The number of aromatic amines is 1. The van der Waals surface area contributed by atoms with Gasteiger partial charge in [-0.1, -0.05) is 12.1 Å². The minimum Gasteiger partial charge on any atom is -0.506 e. The highest BCUT2D eigenvalue weighted by Crippen LogP contribution is 2.40. The highest BCUT2D eigenvalue weighted by molar-refractivity contribution is 6.04. The van der Waals surface area contributed by atoms with Crippen LogP contribution in [-0.4, -0.2) is 20.1 Å². The van der Waals surface area contributed by atoms with Gasteiger partial charge in [0.2, 0.25) is 0 Å². The Bertz CT molecular complexity index is 1180. The molecule has 0 saturated heterocycles. The Morgan fingerprint density at radius 2 is 1.81 bits per heavy atom. The standard InChI is InChI=1S/C20H14FN3O2/c1-11-8-13(6-7-22-11)17-15(12-2-4-14(21)5-3-12)9-16(25)19-18(17)20(26)24-10-23-19/h2-10,25H,1H3,(H,23,24,26). The van der Waals surface area contributed by atoms with Crippen molar-refractivity contribution in [2.45, 2.75) is 6.92 Å². The number of nitrogens with one attached hydrogen (secondary N) is 1. The van der Waals surface area contributed by atoms with E-state index in [0.717, 1.165) is 11.3 Å². The molecule has 4 aromatic rings. The van der Waals surface area contributed by atoms with Gasteiger partial charge in [-0.2, -0.15) is 0 Å². The van der Waals surface area contributed by atoms with Crippen LogP contribution in [0.15, 0.2) is 59.8 Å². The molecule has 0 amide bonds. The van der Waals surface area contributed by atoms with Crippen molar-refractivity contribution in [3.63, 3.8) is 0 Å². The zero-order valence-corrected chi connectivity index (χ0v) is 13.8. The summed E-state index contributed by atoms with van der Waals surface area (Å²) in [6, 6.07) is 11.1. The van der Waals surface area contributed by atoms with Crippen LogP contribution >= 0.6 is 0 Å². The predicted molar refractivity (Wildman–Crippen MR) is 97.4 cm³/mol. The maximum Gasteiger partial charge on any atom is 0.259 e. The molecule has 2 heterocycles. The number of nitrogens with zero attached hydrogens (tertiary/aromatic N) is 2. The lowest BCUT2D eigenvalue weighted by atomic mass is 9.91. The van der Waals surface area contributed by atoms with Crippen molar-refractivity contribution in [3.8, 4) is 28.0 Å². The molecule has 2 aromatic carbocycles. The van der Waals surface area contributed by atoms with Gasteiger partial charge in [0.1, 0.15) is 17.1 Å². The summed E-state index contributed by atoms with van der Waals surface area (Å²) in [5, 5.41) is 10.7. The Morgan fingerprint density at radius 3 is 2.54 bits per heavy atom. The summed E-state index contributed by atoms with van der Waals surface area (Å²) in [5.41, 5.74) is 3.30. The number of hydrogen-bond donors (Lipinski definition) is 2. The van der Waals surface area contributed by atoms with Gasteiger partial charge < -0.3 is 10.1 Å². The quantitative estimate of drug-likeness (QED) is 0.578. The van der Waals surface area contributed by atoms with Crippen molar-refractivity contribution < 1.29 is 9.50 Å². The summed E-state index contributed by atoms with van der Waals surface area (Å²) >= 11 is 0. The first-order valence-electron chi connectivity index (χ1n) is 7.97. The highest BCUT2D eigenvalue weighted by atomic mass is 19.1. The smallest absolute Gasteiger partial charge is 0.259 e. The van der Waals surface area contributed by atoms with E-state index in [-0.39, 0.29) is 28.0 Å². The summed E-state index contributed by atoms with van der Waals surface area (Å²) < 4.78 is 13.4. The summed E-state index contributed by atoms with van der Waals surface area (Å²) in [6.45, 7) is 1.85. The number of fused-ring (bicyclic) bond motifs is 1. The fraction of sp³-hybridized carbons (Fsp3) is 0.0500. The number of phenols is 1.